The summed E-state index contributed by atoms with van der Waals surface area (Å²) >= 11 is 1.50. The van der Waals surface area contributed by atoms with Gasteiger partial charge in [0.2, 0.25) is 5.91 Å². The number of anilines is 2. The molecule has 98 valence electrons. The lowest BCUT2D eigenvalue weighted by atomic mass is 10.0. The average Bonchev–Trinajstić information content (AvgIpc) is 2.90. The number of nitrogens with one attached hydrogen (secondary N) is 2. The number of thiazole rings is 1. The highest BCUT2D eigenvalue weighted by atomic mass is 32.1. The van der Waals surface area contributed by atoms with Gasteiger partial charge in [-0.15, -0.1) is 11.3 Å². The van der Waals surface area contributed by atoms with Crippen molar-refractivity contribution in [1.29, 1.82) is 0 Å². The lowest BCUT2D eigenvalue weighted by Crippen LogP contribution is -2.19. The average molecular weight is 277 g/mol. The van der Waals surface area contributed by atoms with E-state index in [-0.39, 0.29) is 11.7 Å². The SMILES string of the molecule is O=C1CCc2cc(F)c(NCc3cscn3)cc2N1. The first kappa shape index (κ1) is 12.1. The molecule has 2 aromatic rings. The van der Waals surface area contributed by atoms with Crippen LogP contribution >= 0.6 is 11.3 Å². The van der Waals surface area contributed by atoms with Crippen LogP contribution in [0.2, 0.25) is 0 Å². The van der Waals surface area contributed by atoms with Gasteiger partial charge >= 0.3 is 0 Å². The number of halogens is 1. The van der Waals surface area contributed by atoms with E-state index in [0.29, 0.717) is 30.8 Å². The Morgan fingerprint density at radius 1 is 1.42 bits per heavy atom. The van der Waals surface area contributed by atoms with E-state index in [9.17, 15) is 9.18 Å². The van der Waals surface area contributed by atoms with Gasteiger partial charge in [-0.1, -0.05) is 0 Å². The predicted octanol–water partition coefficient (Wildman–Crippen LogP) is 2.78. The van der Waals surface area contributed by atoms with Gasteiger partial charge in [0, 0.05) is 17.5 Å². The molecule has 2 heterocycles. The summed E-state index contributed by atoms with van der Waals surface area (Å²) in [6.07, 6.45) is 1.00. The quantitative estimate of drug-likeness (QED) is 0.907. The summed E-state index contributed by atoms with van der Waals surface area (Å²) in [5.41, 5.74) is 4.52. The van der Waals surface area contributed by atoms with Crippen molar-refractivity contribution >= 4 is 28.6 Å². The molecule has 0 aliphatic carbocycles. The zero-order valence-corrected chi connectivity index (χ0v) is 10.9. The van der Waals surface area contributed by atoms with Gasteiger partial charge < -0.3 is 10.6 Å². The lowest BCUT2D eigenvalue weighted by Gasteiger charge is -2.18. The number of fused-ring (bicyclic) bond motifs is 1. The van der Waals surface area contributed by atoms with Gasteiger partial charge in [-0.2, -0.15) is 0 Å². The molecule has 0 saturated heterocycles. The summed E-state index contributed by atoms with van der Waals surface area (Å²) in [6, 6.07) is 3.13. The van der Waals surface area contributed by atoms with E-state index in [1.807, 2.05) is 5.38 Å². The number of aromatic nitrogens is 1. The molecular formula is C13H12FN3OS. The summed E-state index contributed by atoms with van der Waals surface area (Å²) < 4.78 is 13.9. The molecule has 0 unspecified atom stereocenters. The highest BCUT2D eigenvalue weighted by molar-refractivity contribution is 7.07. The third-order valence-corrected chi connectivity index (χ3v) is 3.67. The van der Waals surface area contributed by atoms with Crippen molar-refractivity contribution in [3.05, 3.63) is 40.1 Å². The molecule has 1 aliphatic heterocycles. The smallest absolute Gasteiger partial charge is 0.224 e. The lowest BCUT2D eigenvalue weighted by molar-refractivity contribution is -0.116. The fraction of sp³-hybridized carbons (Fsp3) is 0.231. The van der Waals surface area contributed by atoms with Crippen molar-refractivity contribution in [2.45, 2.75) is 19.4 Å². The molecule has 2 N–H and O–H groups in total. The molecule has 0 bridgehead atoms. The second-order valence-corrected chi connectivity index (χ2v) is 5.09. The van der Waals surface area contributed by atoms with Crippen LogP contribution in [0.3, 0.4) is 0 Å². The Kier molecular flexibility index (Phi) is 3.16. The molecule has 0 radical (unpaired) electrons. The van der Waals surface area contributed by atoms with Crippen LogP contribution in [-0.4, -0.2) is 10.9 Å². The number of rotatable bonds is 3. The Hall–Kier alpha value is -1.95. The van der Waals surface area contributed by atoms with E-state index < -0.39 is 0 Å². The highest BCUT2D eigenvalue weighted by Crippen LogP contribution is 2.28. The molecule has 0 spiro atoms. The minimum Gasteiger partial charge on any atom is -0.377 e. The number of hydrogen-bond acceptors (Lipinski definition) is 4. The summed E-state index contributed by atoms with van der Waals surface area (Å²) in [5, 5.41) is 7.67. The zero-order valence-electron chi connectivity index (χ0n) is 10.1. The molecule has 1 aromatic carbocycles. The van der Waals surface area contributed by atoms with Crippen LogP contribution < -0.4 is 10.6 Å². The van der Waals surface area contributed by atoms with Crippen molar-refractivity contribution < 1.29 is 9.18 Å². The highest BCUT2D eigenvalue weighted by Gasteiger charge is 2.17. The maximum Gasteiger partial charge on any atom is 0.224 e. The van der Waals surface area contributed by atoms with Crippen molar-refractivity contribution in [1.82, 2.24) is 4.98 Å². The first-order valence-corrected chi connectivity index (χ1v) is 6.90. The van der Waals surface area contributed by atoms with Gasteiger partial charge in [0.15, 0.2) is 0 Å². The predicted molar refractivity (Wildman–Crippen MR) is 72.8 cm³/mol. The van der Waals surface area contributed by atoms with Crippen molar-refractivity contribution in [2.75, 3.05) is 10.6 Å². The van der Waals surface area contributed by atoms with Gasteiger partial charge in [0.25, 0.3) is 0 Å². The second-order valence-electron chi connectivity index (χ2n) is 4.37. The van der Waals surface area contributed by atoms with Gasteiger partial charge in [0.05, 0.1) is 23.4 Å². The van der Waals surface area contributed by atoms with Gasteiger partial charge in [0.1, 0.15) is 5.82 Å². The summed E-state index contributed by atoms with van der Waals surface area (Å²) in [6.45, 7) is 0.465. The third-order valence-electron chi connectivity index (χ3n) is 3.03. The third kappa shape index (κ3) is 2.58. The molecule has 6 heteroatoms. The fourth-order valence-corrected chi connectivity index (χ4v) is 2.60. The van der Waals surface area contributed by atoms with Crippen molar-refractivity contribution in [3.63, 3.8) is 0 Å². The van der Waals surface area contributed by atoms with Crippen LogP contribution in [0.1, 0.15) is 17.7 Å². The summed E-state index contributed by atoms with van der Waals surface area (Å²) in [4.78, 5) is 15.5. The molecule has 1 aromatic heterocycles. The standard InChI is InChI=1S/C13H12FN3OS/c14-10-3-8-1-2-13(18)17-11(8)4-12(10)15-5-9-6-19-7-16-9/h3-4,6-7,15H,1-2,5H2,(H,17,18). The maximum atomic E-state index is 13.9. The Morgan fingerprint density at radius 3 is 3.11 bits per heavy atom. The Balaban J connectivity index is 1.81. The second kappa shape index (κ2) is 4.97. The van der Waals surface area contributed by atoms with Gasteiger partial charge in [-0.25, -0.2) is 9.37 Å². The van der Waals surface area contributed by atoms with E-state index in [0.717, 1.165) is 11.3 Å². The van der Waals surface area contributed by atoms with Gasteiger partial charge in [-0.05, 0) is 24.1 Å². The number of carbonyl (C=O) groups is 1. The number of amides is 1. The van der Waals surface area contributed by atoms with Crippen LogP contribution in [-0.2, 0) is 17.8 Å². The molecule has 1 amide bonds. The first-order valence-electron chi connectivity index (χ1n) is 5.95. The Morgan fingerprint density at radius 2 is 2.32 bits per heavy atom. The summed E-state index contributed by atoms with van der Waals surface area (Å²) in [5.74, 6) is -0.324. The Labute approximate surface area is 113 Å². The first-order chi connectivity index (χ1) is 9.22. The van der Waals surface area contributed by atoms with Crippen LogP contribution in [0.15, 0.2) is 23.0 Å². The molecular weight excluding hydrogens is 265 g/mol. The van der Waals surface area contributed by atoms with Crippen LogP contribution in [0.5, 0.6) is 0 Å². The van der Waals surface area contributed by atoms with Crippen molar-refractivity contribution in [2.24, 2.45) is 0 Å². The summed E-state index contributed by atoms with van der Waals surface area (Å²) in [7, 11) is 0. The molecule has 3 rings (SSSR count). The number of benzene rings is 1. The van der Waals surface area contributed by atoms with E-state index in [1.165, 1.54) is 17.4 Å². The van der Waals surface area contributed by atoms with Crippen LogP contribution in [0.25, 0.3) is 0 Å². The monoisotopic (exact) mass is 277 g/mol. The minimum absolute atomic E-state index is 0.0236. The number of aryl methyl sites for hydroxylation is 1. The van der Waals surface area contributed by atoms with E-state index in [1.54, 1.807) is 11.6 Å². The molecule has 0 atom stereocenters. The van der Waals surface area contributed by atoms with Gasteiger partial charge in [-0.3, -0.25) is 4.79 Å². The number of hydrogen-bond donors (Lipinski definition) is 2. The molecule has 4 nitrogen and oxygen atoms in total. The van der Waals surface area contributed by atoms with Crippen LogP contribution in [0.4, 0.5) is 15.8 Å². The normalized spacial score (nSPS) is 13.8. The topological polar surface area (TPSA) is 54.0 Å². The Bertz CT molecular complexity index is 613. The molecule has 19 heavy (non-hydrogen) atoms. The molecule has 0 saturated carbocycles. The van der Waals surface area contributed by atoms with Crippen LogP contribution in [0, 0.1) is 5.82 Å². The van der Waals surface area contributed by atoms with E-state index in [2.05, 4.69) is 15.6 Å². The largest absolute Gasteiger partial charge is 0.377 e. The number of nitrogens with zero attached hydrogens (tertiary/aromatic N) is 1. The maximum absolute atomic E-state index is 13.9. The van der Waals surface area contributed by atoms with E-state index in [4.69, 9.17) is 0 Å². The minimum atomic E-state index is -0.301. The zero-order chi connectivity index (χ0) is 13.2. The molecule has 1 aliphatic rings. The van der Waals surface area contributed by atoms with Crippen molar-refractivity contribution in [3.8, 4) is 0 Å². The number of carbonyl (C=O) groups excluding carboxylic acids is 1. The van der Waals surface area contributed by atoms with E-state index >= 15 is 0 Å². The fourth-order valence-electron chi connectivity index (χ4n) is 2.04. The molecule has 0 fully saturated rings.